The summed E-state index contributed by atoms with van der Waals surface area (Å²) in [6.07, 6.45) is 7.76. The first kappa shape index (κ1) is 12.0. The van der Waals surface area contributed by atoms with Crippen molar-refractivity contribution in [3.8, 4) is 0 Å². The second-order valence-corrected chi connectivity index (χ2v) is 5.10. The van der Waals surface area contributed by atoms with Crippen LogP contribution in [-0.2, 0) is 4.74 Å². The van der Waals surface area contributed by atoms with Gasteiger partial charge >= 0.3 is 0 Å². The molecule has 2 fully saturated rings. The number of hydrogen-bond acceptors (Lipinski definition) is 4. The molecule has 0 aromatic carbocycles. The van der Waals surface area contributed by atoms with Crippen LogP contribution in [0.15, 0.2) is 10.2 Å². The lowest BCUT2D eigenvalue weighted by Gasteiger charge is -2.25. The van der Waals surface area contributed by atoms with Crippen molar-refractivity contribution in [3.05, 3.63) is 0 Å². The van der Waals surface area contributed by atoms with Crippen LogP contribution in [0.4, 0.5) is 0 Å². The predicted molar refractivity (Wildman–Crippen MR) is 61.3 cm³/mol. The minimum atomic E-state index is -1.13. The number of azo groups is 1. The molecule has 0 aromatic rings. The first-order valence-corrected chi connectivity index (χ1v) is 6.44. The summed E-state index contributed by atoms with van der Waals surface area (Å²) in [6.45, 7) is 2.44. The van der Waals surface area contributed by atoms with Gasteiger partial charge in [0.25, 0.3) is 0 Å². The summed E-state index contributed by atoms with van der Waals surface area (Å²) in [6, 6.07) is 0.321. The normalized spacial score (nSPS) is 32.0. The maximum absolute atomic E-state index is 10.2. The molecule has 1 heterocycles. The fourth-order valence-electron chi connectivity index (χ4n) is 2.47. The Morgan fingerprint density at radius 1 is 1.12 bits per heavy atom. The highest BCUT2D eigenvalue weighted by atomic mass is 16.5. The van der Waals surface area contributed by atoms with E-state index in [1.165, 1.54) is 19.3 Å². The summed E-state index contributed by atoms with van der Waals surface area (Å²) in [5.41, 5.74) is -1.13. The van der Waals surface area contributed by atoms with Gasteiger partial charge in [-0.15, -0.1) is 0 Å². The van der Waals surface area contributed by atoms with Crippen LogP contribution in [0.3, 0.4) is 0 Å². The SMILES string of the molecule is CC(O)(N=NC1CCCCC1)C1CCCO1. The first-order valence-electron chi connectivity index (χ1n) is 6.44. The van der Waals surface area contributed by atoms with Crippen LogP contribution in [0.25, 0.3) is 0 Å². The molecule has 16 heavy (non-hydrogen) atoms. The van der Waals surface area contributed by atoms with Gasteiger partial charge < -0.3 is 9.84 Å². The van der Waals surface area contributed by atoms with Crippen molar-refractivity contribution < 1.29 is 9.84 Å². The molecule has 0 amide bonds. The maximum Gasteiger partial charge on any atom is 0.199 e. The molecule has 2 aliphatic rings. The van der Waals surface area contributed by atoms with Gasteiger partial charge in [-0.1, -0.05) is 19.3 Å². The number of nitrogens with zero attached hydrogens (tertiary/aromatic N) is 2. The quantitative estimate of drug-likeness (QED) is 0.752. The first-order chi connectivity index (χ1) is 7.68. The Morgan fingerprint density at radius 2 is 1.88 bits per heavy atom. The molecule has 1 aliphatic heterocycles. The third-order valence-corrected chi connectivity index (χ3v) is 3.54. The van der Waals surface area contributed by atoms with Gasteiger partial charge in [-0.2, -0.15) is 10.2 Å². The summed E-state index contributed by atoms with van der Waals surface area (Å²) in [7, 11) is 0. The second kappa shape index (κ2) is 5.23. The zero-order valence-corrected chi connectivity index (χ0v) is 10.1. The monoisotopic (exact) mass is 226 g/mol. The highest BCUT2D eigenvalue weighted by molar-refractivity contribution is 4.83. The maximum atomic E-state index is 10.2. The highest BCUT2D eigenvalue weighted by Gasteiger charge is 2.35. The Bertz CT molecular complexity index is 241. The molecule has 4 heteroatoms. The molecule has 0 aromatic heterocycles. The number of aliphatic hydroxyl groups is 1. The van der Waals surface area contributed by atoms with E-state index in [4.69, 9.17) is 4.74 Å². The largest absolute Gasteiger partial charge is 0.373 e. The molecular weight excluding hydrogens is 204 g/mol. The van der Waals surface area contributed by atoms with Gasteiger partial charge in [0.15, 0.2) is 5.72 Å². The second-order valence-electron chi connectivity index (χ2n) is 5.10. The molecule has 2 atom stereocenters. The van der Waals surface area contributed by atoms with Crippen molar-refractivity contribution in [2.75, 3.05) is 6.61 Å². The molecule has 1 saturated carbocycles. The van der Waals surface area contributed by atoms with Crippen molar-refractivity contribution in [2.45, 2.75) is 69.7 Å². The van der Waals surface area contributed by atoms with Gasteiger partial charge in [0, 0.05) is 6.61 Å². The fourth-order valence-corrected chi connectivity index (χ4v) is 2.47. The van der Waals surface area contributed by atoms with Crippen molar-refractivity contribution >= 4 is 0 Å². The van der Waals surface area contributed by atoms with E-state index in [2.05, 4.69) is 10.2 Å². The van der Waals surface area contributed by atoms with E-state index >= 15 is 0 Å². The van der Waals surface area contributed by atoms with Gasteiger partial charge in [-0.25, -0.2) is 0 Å². The summed E-state index contributed by atoms with van der Waals surface area (Å²) >= 11 is 0. The Labute approximate surface area is 97.1 Å². The Morgan fingerprint density at radius 3 is 2.50 bits per heavy atom. The summed E-state index contributed by atoms with van der Waals surface area (Å²) in [5.74, 6) is 0. The lowest BCUT2D eigenvalue weighted by Crippen LogP contribution is -2.36. The molecule has 0 spiro atoms. The van der Waals surface area contributed by atoms with E-state index in [1.807, 2.05) is 0 Å². The predicted octanol–water partition coefficient (Wildman–Crippen LogP) is 2.66. The highest BCUT2D eigenvalue weighted by Crippen LogP contribution is 2.27. The molecule has 0 radical (unpaired) electrons. The van der Waals surface area contributed by atoms with Crippen molar-refractivity contribution in [1.29, 1.82) is 0 Å². The lowest BCUT2D eigenvalue weighted by atomic mass is 9.96. The minimum absolute atomic E-state index is 0.167. The van der Waals surface area contributed by atoms with Gasteiger partial charge in [0.05, 0.1) is 6.04 Å². The molecule has 2 unspecified atom stereocenters. The number of rotatable bonds is 3. The Hall–Kier alpha value is -0.480. The Kier molecular flexibility index (Phi) is 3.92. The topological polar surface area (TPSA) is 54.2 Å². The standard InChI is InChI=1S/C12H22N2O2/c1-12(15,11-8-5-9-16-11)14-13-10-6-3-2-4-7-10/h10-11,15H,2-9H2,1H3. The van der Waals surface area contributed by atoms with Crippen LogP contribution in [0, 0.1) is 0 Å². The number of ether oxygens (including phenoxy) is 1. The molecule has 4 nitrogen and oxygen atoms in total. The van der Waals surface area contributed by atoms with E-state index in [0.29, 0.717) is 6.04 Å². The summed E-state index contributed by atoms with van der Waals surface area (Å²) in [4.78, 5) is 0. The zero-order chi connectivity index (χ0) is 11.4. The van der Waals surface area contributed by atoms with E-state index in [1.54, 1.807) is 6.92 Å². The van der Waals surface area contributed by atoms with Crippen LogP contribution >= 0.6 is 0 Å². The molecule has 1 N–H and O–H groups in total. The van der Waals surface area contributed by atoms with E-state index in [-0.39, 0.29) is 6.10 Å². The molecule has 0 bridgehead atoms. The van der Waals surface area contributed by atoms with Gasteiger partial charge in [0.2, 0.25) is 0 Å². The summed E-state index contributed by atoms with van der Waals surface area (Å²) < 4.78 is 5.45. The third-order valence-electron chi connectivity index (χ3n) is 3.54. The summed E-state index contributed by atoms with van der Waals surface area (Å²) in [5, 5.41) is 18.6. The third kappa shape index (κ3) is 3.01. The average Bonchev–Trinajstić information content (AvgIpc) is 2.82. The van der Waals surface area contributed by atoms with Crippen LogP contribution in [0.1, 0.15) is 51.9 Å². The molecule has 1 saturated heterocycles. The van der Waals surface area contributed by atoms with Gasteiger partial charge in [-0.3, -0.25) is 0 Å². The van der Waals surface area contributed by atoms with Crippen LogP contribution in [0.5, 0.6) is 0 Å². The van der Waals surface area contributed by atoms with Crippen molar-refractivity contribution in [2.24, 2.45) is 10.2 Å². The van der Waals surface area contributed by atoms with Gasteiger partial charge in [0.1, 0.15) is 6.10 Å². The van der Waals surface area contributed by atoms with Crippen molar-refractivity contribution in [3.63, 3.8) is 0 Å². The molecule has 92 valence electrons. The van der Waals surface area contributed by atoms with E-state index < -0.39 is 5.72 Å². The van der Waals surface area contributed by atoms with E-state index in [0.717, 1.165) is 32.3 Å². The smallest absolute Gasteiger partial charge is 0.199 e. The average molecular weight is 226 g/mol. The minimum Gasteiger partial charge on any atom is -0.373 e. The molecular formula is C12H22N2O2. The van der Waals surface area contributed by atoms with Crippen LogP contribution in [0.2, 0.25) is 0 Å². The zero-order valence-electron chi connectivity index (χ0n) is 10.1. The molecule has 1 aliphatic carbocycles. The van der Waals surface area contributed by atoms with Crippen LogP contribution < -0.4 is 0 Å². The van der Waals surface area contributed by atoms with Crippen LogP contribution in [-0.4, -0.2) is 29.6 Å². The number of hydrogen-bond donors (Lipinski definition) is 1. The Balaban J connectivity index is 1.87. The van der Waals surface area contributed by atoms with Crippen molar-refractivity contribution in [1.82, 2.24) is 0 Å². The molecule has 2 rings (SSSR count). The lowest BCUT2D eigenvalue weighted by molar-refractivity contribution is -0.0718. The van der Waals surface area contributed by atoms with Gasteiger partial charge in [-0.05, 0) is 32.6 Å². The van der Waals surface area contributed by atoms with E-state index in [9.17, 15) is 5.11 Å². The fraction of sp³-hybridized carbons (Fsp3) is 1.00.